The summed E-state index contributed by atoms with van der Waals surface area (Å²) in [5.41, 5.74) is -0.581. The smallest absolute Gasteiger partial charge is 0.349 e. The van der Waals surface area contributed by atoms with E-state index in [1.54, 1.807) is 19.2 Å². The van der Waals surface area contributed by atoms with Crippen LogP contribution in [0.25, 0.3) is 5.65 Å². The Morgan fingerprint density at radius 2 is 1.74 bits per heavy atom. The highest BCUT2D eigenvalue weighted by molar-refractivity contribution is 5.93. The maximum atomic E-state index is 13.9. The summed E-state index contributed by atoms with van der Waals surface area (Å²) < 4.78 is 74.0. The maximum Gasteiger partial charge on any atom is 0.394 e. The third-order valence-electron chi connectivity index (χ3n) is 8.20. The highest BCUT2D eigenvalue weighted by atomic mass is 19.4. The molecule has 0 saturated heterocycles. The first kappa shape index (κ1) is 29.8. The molecule has 0 radical (unpaired) electrons. The third kappa shape index (κ3) is 6.38. The number of rotatable bonds is 9. The van der Waals surface area contributed by atoms with Gasteiger partial charge >= 0.3 is 6.18 Å². The van der Waals surface area contributed by atoms with Crippen LogP contribution < -0.4 is 10.6 Å². The average molecular weight is 598 g/mol. The summed E-state index contributed by atoms with van der Waals surface area (Å²) in [6.07, 6.45) is -0.853. The highest BCUT2D eigenvalue weighted by Gasteiger charge is 2.49. The molecule has 2 N–H and O–H groups in total. The Balaban J connectivity index is 1.40. The second-order valence-corrected chi connectivity index (χ2v) is 12.0. The van der Waals surface area contributed by atoms with E-state index in [-0.39, 0.29) is 48.9 Å². The summed E-state index contributed by atoms with van der Waals surface area (Å²) >= 11 is 0. The fraction of sp³-hybridized carbons (Fsp3) is 0.630. The van der Waals surface area contributed by atoms with Crippen molar-refractivity contribution in [3.05, 3.63) is 41.1 Å². The summed E-state index contributed by atoms with van der Waals surface area (Å²) in [4.78, 5) is 30.3. The van der Waals surface area contributed by atoms with Gasteiger partial charge in [-0.25, -0.2) is 22.9 Å². The fourth-order valence-electron chi connectivity index (χ4n) is 5.34. The van der Waals surface area contributed by atoms with Crippen LogP contribution in [0.4, 0.5) is 22.0 Å². The number of alkyl halides is 5. The molecule has 3 aromatic rings. The van der Waals surface area contributed by atoms with Gasteiger partial charge in [-0.2, -0.15) is 18.3 Å². The minimum absolute atomic E-state index is 0.0259. The van der Waals surface area contributed by atoms with Gasteiger partial charge in [-0.3, -0.25) is 9.59 Å². The quantitative estimate of drug-likeness (QED) is 0.322. The second-order valence-electron chi connectivity index (χ2n) is 12.0. The SMILES string of the molecule is Cc1nonc1C(=O)N[C@H](c1cn2ncc([C@H](NC(=O)CC(C)(C)C(F)(F)F)C3CC3)cc2n1)C1CCC(F)(F)CC1. The number of fused-ring (bicyclic) bond motifs is 1. The monoisotopic (exact) mass is 597 g/mol. The van der Waals surface area contributed by atoms with Gasteiger partial charge in [0.1, 0.15) is 5.69 Å². The van der Waals surface area contributed by atoms with Crippen LogP contribution in [0.2, 0.25) is 0 Å². The van der Waals surface area contributed by atoms with Crippen LogP contribution in [0.3, 0.4) is 0 Å². The van der Waals surface area contributed by atoms with Crippen molar-refractivity contribution in [1.29, 1.82) is 0 Å². The number of halogens is 5. The zero-order valence-corrected chi connectivity index (χ0v) is 23.3. The number of aromatic nitrogens is 5. The average Bonchev–Trinajstić information content (AvgIpc) is 3.50. The van der Waals surface area contributed by atoms with E-state index >= 15 is 0 Å². The standard InChI is InChI=1S/C27H32F5N7O3/c1-14-21(38-42-37-14)24(41)36-23(16-6-8-26(28,29)9-7-16)18-13-39-19(34-18)10-17(12-33-39)22(15-4-5-15)35-20(40)11-25(2,3)27(30,31)32/h10,12-13,15-16,22-23H,4-9,11H2,1-3H3,(H,35,40)(H,36,41)/t22-,23+/m1/s1. The summed E-state index contributed by atoms with van der Waals surface area (Å²) in [6.45, 7) is 3.53. The molecule has 2 fully saturated rings. The minimum atomic E-state index is -4.53. The molecule has 3 heterocycles. The zero-order valence-electron chi connectivity index (χ0n) is 23.3. The molecule has 2 amide bonds. The predicted octanol–water partition coefficient (Wildman–Crippen LogP) is 5.26. The van der Waals surface area contributed by atoms with E-state index < -0.39 is 47.8 Å². The molecule has 10 nitrogen and oxygen atoms in total. The zero-order chi connectivity index (χ0) is 30.4. The lowest BCUT2D eigenvalue weighted by Gasteiger charge is -2.33. The van der Waals surface area contributed by atoms with Crippen LogP contribution in [0.5, 0.6) is 0 Å². The lowest BCUT2D eigenvalue weighted by molar-refractivity contribution is -0.213. The lowest BCUT2D eigenvalue weighted by Crippen LogP contribution is -2.39. The largest absolute Gasteiger partial charge is 0.394 e. The van der Waals surface area contributed by atoms with Gasteiger partial charge in [0.25, 0.3) is 5.91 Å². The number of nitrogens with one attached hydrogen (secondary N) is 2. The van der Waals surface area contributed by atoms with Gasteiger partial charge in [-0.15, -0.1) is 0 Å². The maximum absolute atomic E-state index is 13.9. The summed E-state index contributed by atoms with van der Waals surface area (Å²) in [6, 6.07) is 0.408. The molecule has 5 rings (SSSR count). The first-order valence-corrected chi connectivity index (χ1v) is 13.8. The topological polar surface area (TPSA) is 127 Å². The fourth-order valence-corrected chi connectivity index (χ4v) is 5.34. The van der Waals surface area contributed by atoms with Crippen molar-refractivity contribution in [3.63, 3.8) is 0 Å². The van der Waals surface area contributed by atoms with Crippen LogP contribution >= 0.6 is 0 Å². The van der Waals surface area contributed by atoms with Gasteiger partial charge in [0.2, 0.25) is 11.8 Å². The number of aryl methyl sites for hydroxylation is 1. The van der Waals surface area contributed by atoms with E-state index in [1.165, 1.54) is 10.7 Å². The van der Waals surface area contributed by atoms with E-state index in [1.807, 2.05) is 0 Å². The Hall–Kier alpha value is -3.65. The molecular weight excluding hydrogens is 565 g/mol. The molecule has 3 aromatic heterocycles. The second kappa shape index (κ2) is 10.9. The number of nitrogens with zero attached hydrogens (tertiary/aromatic N) is 5. The van der Waals surface area contributed by atoms with Crippen LogP contribution in [-0.2, 0) is 4.79 Å². The molecule has 0 bridgehead atoms. The Bertz CT molecular complexity index is 1450. The molecule has 2 aliphatic carbocycles. The molecule has 0 aromatic carbocycles. The first-order valence-electron chi connectivity index (χ1n) is 13.8. The summed E-state index contributed by atoms with van der Waals surface area (Å²) in [5.74, 6) is -4.36. The molecule has 228 valence electrons. The lowest BCUT2D eigenvalue weighted by atomic mass is 9.81. The number of carbonyl (C=O) groups excluding carboxylic acids is 2. The molecule has 2 atom stereocenters. The molecule has 0 spiro atoms. The molecular formula is C27H32F5N7O3. The molecule has 2 saturated carbocycles. The first-order chi connectivity index (χ1) is 19.6. The van der Waals surface area contributed by atoms with Crippen molar-refractivity contribution >= 4 is 17.5 Å². The van der Waals surface area contributed by atoms with Gasteiger partial charge in [-0.05, 0) is 61.2 Å². The Morgan fingerprint density at radius 3 is 2.33 bits per heavy atom. The highest BCUT2D eigenvalue weighted by Crippen LogP contribution is 2.44. The van der Waals surface area contributed by atoms with Crippen LogP contribution in [0.1, 0.15) is 98.3 Å². The van der Waals surface area contributed by atoms with Crippen molar-refractivity contribution < 1.29 is 36.2 Å². The van der Waals surface area contributed by atoms with Gasteiger partial charge in [0, 0.05) is 19.3 Å². The molecule has 0 unspecified atom stereocenters. The predicted molar refractivity (Wildman–Crippen MR) is 137 cm³/mol. The summed E-state index contributed by atoms with van der Waals surface area (Å²) in [5, 5.41) is 17.3. The number of hydrogen-bond donors (Lipinski definition) is 2. The van der Waals surface area contributed by atoms with E-state index in [0.717, 1.165) is 26.7 Å². The minimum Gasteiger partial charge on any atom is -0.349 e. The number of carbonyl (C=O) groups is 2. The van der Waals surface area contributed by atoms with Crippen LogP contribution in [0.15, 0.2) is 23.1 Å². The van der Waals surface area contributed by atoms with Crippen molar-refractivity contribution in [2.45, 2.75) is 89.9 Å². The van der Waals surface area contributed by atoms with Crippen molar-refractivity contribution in [1.82, 2.24) is 35.5 Å². The van der Waals surface area contributed by atoms with Crippen molar-refractivity contribution in [3.8, 4) is 0 Å². The molecule has 15 heteroatoms. The van der Waals surface area contributed by atoms with Crippen LogP contribution in [-0.4, -0.2) is 48.8 Å². The molecule has 42 heavy (non-hydrogen) atoms. The molecule has 0 aliphatic heterocycles. The Kier molecular flexibility index (Phi) is 7.73. The number of amides is 2. The van der Waals surface area contributed by atoms with E-state index in [4.69, 9.17) is 0 Å². The molecule has 2 aliphatic rings. The number of hydrogen-bond acceptors (Lipinski definition) is 7. The van der Waals surface area contributed by atoms with Gasteiger partial charge in [0.15, 0.2) is 11.3 Å². The van der Waals surface area contributed by atoms with E-state index in [2.05, 4.69) is 35.7 Å². The van der Waals surface area contributed by atoms with E-state index in [0.29, 0.717) is 16.9 Å². The summed E-state index contributed by atoms with van der Waals surface area (Å²) in [7, 11) is 0. The van der Waals surface area contributed by atoms with Crippen molar-refractivity contribution in [2.24, 2.45) is 17.3 Å². The van der Waals surface area contributed by atoms with Gasteiger partial charge in [0.05, 0.1) is 35.6 Å². The van der Waals surface area contributed by atoms with Gasteiger partial charge in [-0.1, -0.05) is 19.0 Å². The normalized spacial score (nSPS) is 19.4. The number of imidazole rings is 1. The Morgan fingerprint density at radius 1 is 1.07 bits per heavy atom. The van der Waals surface area contributed by atoms with Crippen LogP contribution in [0, 0.1) is 24.2 Å². The Labute approximate surface area is 237 Å². The third-order valence-corrected chi connectivity index (χ3v) is 8.20. The van der Waals surface area contributed by atoms with Crippen molar-refractivity contribution in [2.75, 3.05) is 0 Å². The van der Waals surface area contributed by atoms with E-state index in [9.17, 15) is 31.5 Å². The van der Waals surface area contributed by atoms with Gasteiger partial charge < -0.3 is 10.6 Å².